The van der Waals surface area contributed by atoms with Gasteiger partial charge in [0.2, 0.25) is 0 Å². The number of nitrogens with zero attached hydrogens (tertiary/aromatic N) is 1. The SMILES string of the molecule is CCOC(=O)c1ccc[n+](N)c1N.Cc1cc(C)c(SOO[O-])c(C)c1. The summed E-state index contributed by atoms with van der Waals surface area (Å²) in [5.41, 5.74) is 9.20. The molecule has 0 atom stereocenters. The van der Waals surface area contributed by atoms with Gasteiger partial charge >= 0.3 is 11.8 Å². The average Bonchev–Trinajstić information content (AvgIpc) is 2.57. The zero-order chi connectivity index (χ0) is 19.7. The Balaban J connectivity index is 0.000000260. The summed E-state index contributed by atoms with van der Waals surface area (Å²) in [5.74, 6) is 5.18. The van der Waals surface area contributed by atoms with Gasteiger partial charge in [0.25, 0.3) is 0 Å². The van der Waals surface area contributed by atoms with E-state index in [-0.39, 0.29) is 11.4 Å². The van der Waals surface area contributed by atoms with Crippen molar-refractivity contribution in [3.63, 3.8) is 0 Å². The first kappa shape index (κ1) is 21.7. The standard InChI is InChI=1S/C9H12O3S.C8H11N3O2/c1-6-4-7(2)9(8(3)5-6)13-12-11-10;1-2-13-8(12)6-4-3-5-11(10)7(6)9/h4-5,10H,1-3H3;3-5,9H,2,10H2,1H3. The molecule has 9 heteroatoms. The molecule has 0 saturated carbocycles. The maximum absolute atomic E-state index is 11.2. The van der Waals surface area contributed by atoms with Gasteiger partial charge in [-0.2, -0.15) is 4.33 Å². The Morgan fingerprint density at radius 2 is 1.88 bits per heavy atom. The molecule has 0 aliphatic rings. The number of hydrogen-bond donors (Lipinski definition) is 2. The zero-order valence-corrected chi connectivity index (χ0v) is 16.0. The third kappa shape index (κ3) is 6.19. The van der Waals surface area contributed by atoms with Gasteiger partial charge in [0.15, 0.2) is 5.56 Å². The fraction of sp³-hybridized carbons (Fsp3) is 0.294. The van der Waals surface area contributed by atoms with E-state index in [1.807, 2.05) is 32.9 Å². The quantitative estimate of drug-likeness (QED) is 0.198. The smallest absolute Gasteiger partial charge is 0.346 e. The summed E-state index contributed by atoms with van der Waals surface area (Å²) >= 11 is 0.948. The summed E-state index contributed by atoms with van der Waals surface area (Å²) in [6.45, 7) is 8.01. The van der Waals surface area contributed by atoms with Crippen molar-refractivity contribution in [1.82, 2.24) is 0 Å². The van der Waals surface area contributed by atoms with Crippen molar-refractivity contribution in [2.45, 2.75) is 32.6 Å². The van der Waals surface area contributed by atoms with Crippen molar-refractivity contribution in [2.75, 3.05) is 18.2 Å². The van der Waals surface area contributed by atoms with Crippen LogP contribution in [0, 0.1) is 20.8 Å². The summed E-state index contributed by atoms with van der Waals surface area (Å²) in [4.78, 5) is 12.2. The molecule has 1 aromatic heterocycles. The van der Waals surface area contributed by atoms with Crippen LogP contribution in [-0.4, -0.2) is 12.6 Å². The van der Waals surface area contributed by atoms with Crippen molar-refractivity contribution < 1.29 is 28.8 Å². The Morgan fingerprint density at radius 1 is 1.27 bits per heavy atom. The van der Waals surface area contributed by atoms with Crippen molar-refractivity contribution in [3.05, 3.63) is 52.7 Å². The molecule has 26 heavy (non-hydrogen) atoms. The maximum atomic E-state index is 11.2. The number of esters is 1. The Morgan fingerprint density at radius 3 is 2.42 bits per heavy atom. The predicted molar refractivity (Wildman–Crippen MR) is 95.8 cm³/mol. The van der Waals surface area contributed by atoms with Crippen LogP contribution in [0.15, 0.2) is 35.4 Å². The molecule has 0 amide bonds. The minimum atomic E-state index is -0.459. The van der Waals surface area contributed by atoms with E-state index >= 15 is 0 Å². The molecule has 0 bridgehead atoms. The van der Waals surface area contributed by atoms with Gasteiger partial charge in [0.1, 0.15) is 6.20 Å². The Hall–Kier alpha value is -2.33. The third-order valence-electron chi connectivity index (χ3n) is 3.31. The van der Waals surface area contributed by atoms with E-state index in [1.165, 1.54) is 10.2 Å². The maximum Gasteiger partial charge on any atom is 0.346 e. The largest absolute Gasteiger partial charge is 0.691 e. The van der Waals surface area contributed by atoms with Crippen molar-refractivity contribution in [2.24, 2.45) is 0 Å². The highest BCUT2D eigenvalue weighted by molar-refractivity contribution is 7.94. The molecule has 4 N–H and O–H groups in total. The Bertz CT molecular complexity index is 732. The van der Waals surface area contributed by atoms with Crippen LogP contribution >= 0.6 is 12.0 Å². The van der Waals surface area contributed by atoms with Gasteiger partial charge < -0.3 is 9.99 Å². The molecule has 0 aliphatic carbocycles. The van der Waals surface area contributed by atoms with E-state index in [2.05, 4.69) is 9.37 Å². The molecule has 142 valence electrons. The first-order chi connectivity index (χ1) is 12.3. The molecule has 0 fully saturated rings. The second-order valence-corrected chi connectivity index (χ2v) is 6.09. The van der Waals surface area contributed by atoms with Gasteiger partial charge in [-0.25, -0.2) is 4.79 Å². The van der Waals surface area contributed by atoms with Crippen LogP contribution in [-0.2, 0) is 14.1 Å². The van der Waals surface area contributed by atoms with Crippen molar-refractivity contribution >= 4 is 23.8 Å². The number of carbonyl (C=O) groups is 1. The second-order valence-electron chi connectivity index (χ2n) is 5.38. The minimum Gasteiger partial charge on any atom is -0.691 e. The summed E-state index contributed by atoms with van der Waals surface area (Å²) in [6, 6.07) is 7.26. The number of ether oxygens (including phenoxy) is 1. The van der Waals surface area contributed by atoms with E-state index < -0.39 is 5.97 Å². The van der Waals surface area contributed by atoms with E-state index in [0.29, 0.717) is 6.61 Å². The van der Waals surface area contributed by atoms with Crippen LogP contribution in [0.2, 0.25) is 0 Å². The lowest BCUT2D eigenvalue weighted by Gasteiger charge is -2.10. The number of nitrogens with two attached hydrogens (primary N) is 2. The monoisotopic (exact) mass is 381 g/mol. The number of nitrogen functional groups attached to an aromatic ring is 2. The molecule has 0 radical (unpaired) electrons. The second kappa shape index (κ2) is 10.6. The first-order valence-corrected chi connectivity index (χ1v) is 8.49. The number of hydrogen-bond acceptors (Lipinski definition) is 8. The van der Waals surface area contributed by atoms with Crippen LogP contribution in [0.1, 0.15) is 34.0 Å². The van der Waals surface area contributed by atoms with Crippen LogP contribution in [0.5, 0.6) is 0 Å². The summed E-state index contributed by atoms with van der Waals surface area (Å²) < 4.78 is 10.2. The molecule has 2 rings (SSSR count). The lowest BCUT2D eigenvalue weighted by atomic mass is 10.1. The average molecular weight is 381 g/mol. The fourth-order valence-corrected chi connectivity index (χ4v) is 2.74. The topological polar surface area (TPSA) is 124 Å². The lowest BCUT2D eigenvalue weighted by molar-refractivity contribution is -0.777. The van der Waals surface area contributed by atoms with Gasteiger partial charge in [-0.1, -0.05) is 17.7 Å². The molecule has 0 saturated heterocycles. The third-order valence-corrected chi connectivity index (χ3v) is 4.24. The van der Waals surface area contributed by atoms with Crippen LogP contribution in [0.4, 0.5) is 5.82 Å². The van der Waals surface area contributed by atoms with Gasteiger partial charge in [0.05, 0.1) is 18.6 Å². The number of rotatable bonds is 5. The minimum absolute atomic E-state index is 0.195. The normalized spacial score (nSPS) is 10.0. The van der Waals surface area contributed by atoms with Gasteiger partial charge in [-0.05, 0) is 51.0 Å². The lowest BCUT2D eigenvalue weighted by Crippen LogP contribution is -2.47. The fourth-order valence-electron chi connectivity index (χ4n) is 2.26. The summed E-state index contributed by atoms with van der Waals surface area (Å²) in [7, 11) is 0. The molecule has 1 aromatic carbocycles. The summed E-state index contributed by atoms with van der Waals surface area (Å²) in [5, 5.41) is 12.9. The molecule has 1 heterocycles. The molecule has 0 aliphatic heterocycles. The Labute approximate surface area is 156 Å². The summed E-state index contributed by atoms with van der Waals surface area (Å²) in [6.07, 6.45) is 1.55. The highest BCUT2D eigenvalue weighted by Crippen LogP contribution is 2.27. The van der Waals surface area contributed by atoms with Crippen LogP contribution in [0.3, 0.4) is 0 Å². The van der Waals surface area contributed by atoms with E-state index in [0.717, 1.165) is 28.1 Å². The Kier molecular flexibility index (Phi) is 8.86. The van der Waals surface area contributed by atoms with Gasteiger partial charge in [-0.15, -0.1) is 4.68 Å². The van der Waals surface area contributed by atoms with Crippen molar-refractivity contribution in [3.8, 4) is 0 Å². The highest BCUT2D eigenvalue weighted by atomic mass is 32.2. The molecule has 2 aromatic rings. The molecule has 8 nitrogen and oxygen atoms in total. The molecule has 0 spiro atoms. The van der Waals surface area contributed by atoms with Crippen LogP contribution in [0.25, 0.3) is 0 Å². The molecular formula is C17H23N3O5S. The van der Waals surface area contributed by atoms with E-state index in [9.17, 15) is 10.1 Å². The number of benzene rings is 1. The van der Waals surface area contributed by atoms with E-state index in [4.69, 9.17) is 16.3 Å². The van der Waals surface area contributed by atoms with E-state index in [1.54, 1.807) is 25.3 Å². The number of pyridine rings is 1. The first-order valence-electron chi connectivity index (χ1n) is 7.75. The number of anilines is 1. The zero-order valence-electron chi connectivity index (χ0n) is 15.1. The van der Waals surface area contributed by atoms with Gasteiger partial charge in [0, 0.05) is 4.90 Å². The molecular weight excluding hydrogens is 358 g/mol. The number of aryl methyl sites for hydroxylation is 3. The highest BCUT2D eigenvalue weighted by Gasteiger charge is 2.16. The predicted octanol–water partition coefficient (Wildman–Crippen LogP) is 1.29. The number of aromatic nitrogens is 1. The van der Waals surface area contributed by atoms with Crippen LogP contribution < -0.4 is 21.5 Å². The molecule has 0 unspecified atom stereocenters. The van der Waals surface area contributed by atoms with Gasteiger partial charge in [-0.3, -0.25) is 16.6 Å². The van der Waals surface area contributed by atoms with Crippen molar-refractivity contribution in [1.29, 1.82) is 0 Å². The number of carbonyl (C=O) groups excluding carboxylic acids is 1.